The molecule has 1 aliphatic heterocycles. The number of ether oxygens (including phenoxy) is 1. The van der Waals surface area contributed by atoms with E-state index in [1.54, 1.807) is 30.3 Å². The maximum absolute atomic E-state index is 13.0. The Bertz CT molecular complexity index is 915. The molecule has 5 nitrogen and oxygen atoms in total. The van der Waals surface area contributed by atoms with E-state index in [0.29, 0.717) is 27.0 Å². The van der Waals surface area contributed by atoms with E-state index in [9.17, 15) is 14.7 Å². The predicted octanol–water partition coefficient (Wildman–Crippen LogP) is 3.89. The van der Waals surface area contributed by atoms with Gasteiger partial charge in [0.15, 0.2) is 5.60 Å². The van der Waals surface area contributed by atoms with Crippen molar-refractivity contribution in [1.82, 2.24) is 0 Å². The van der Waals surface area contributed by atoms with Crippen LogP contribution in [-0.2, 0) is 15.2 Å². The Labute approximate surface area is 167 Å². The molecule has 3 rings (SSSR count). The van der Waals surface area contributed by atoms with Gasteiger partial charge in [0.25, 0.3) is 5.91 Å². The number of benzene rings is 2. The molecule has 0 saturated heterocycles. The predicted molar refractivity (Wildman–Crippen MR) is 105 cm³/mol. The highest BCUT2D eigenvalue weighted by Crippen LogP contribution is 2.44. The Morgan fingerprint density at radius 1 is 1.26 bits per heavy atom. The second-order valence-corrected chi connectivity index (χ2v) is 7.43. The molecule has 7 heteroatoms. The van der Waals surface area contributed by atoms with Gasteiger partial charge in [-0.2, -0.15) is 0 Å². The molecule has 0 saturated carbocycles. The number of halogens is 2. The highest BCUT2D eigenvalue weighted by atomic mass is 35.5. The standard InChI is InChI=1S/C20H19Cl2NO4/c1-12-4-3-5-15-18(12)23(19(25)20(15,26)11-13(2)24)8-9-27-17-7-6-14(21)10-16(17)22/h3-7,10,26H,8-9,11H2,1-2H3/t20-/m0/s1. The molecule has 1 atom stereocenters. The molecule has 1 heterocycles. The van der Waals surface area contributed by atoms with Crippen molar-refractivity contribution in [2.24, 2.45) is 0 Å². The van der Waals surface area contributed by atoms with Gasteiger partial charge in [0.05, 0.1) is 17.3 Å². The van der Waals surface area contributed by atoms with E-state index in [2.05, 4.69) is 0 Å². The number of aryl methyl sites for hydroxylation is 1. The summed E-state index contributed by atoms with van der Waals surface area (Å²) in [4.78, 5) is 26.1. The molecule has 0 spiro atoms. The normalized spacial score (nSPS) is 18.6. The molecule has 2 aromatic rings. The summed E-state index contributed by atoms with van der Waals surface area (Å²) in [5, 5.41) is 11.9. The Balaban J connectivity index is 1.83. The molecule has 1 N–H and O–H groups in total. The number of hydrogen-bond donors (Lipinski definition) is 1. The summed E-state index contributed by atoms with van der Waals surface area (Å²) in [6, 6.07) is 10.2. The highest BCUT2D eigenvalue weighted by Gasteiger charge is 2.50. The number of fused-ring (bicyclic) bond motifs is 1. The van der Waals surface area contributed by atoms with Gasteiger partial charge in [-0.15, -0.1) is 0 Å². The summed E-state index contributed by atoms with van der Waals surface area (Å²) in [5.74, 6) is -0.325. The van der Waals surface area contributed by atoms with Crippen LogP contribution in [0.5, 0.6) is 5.75 Å². The van der Waals surface area contributed by atoms with Crippen molar-refractivity contribution < 1.29 is 19.4 Å². The first-order valence-electron chi connectivity index (χ1n) is 8.46. The number of amides is 1. The average Bonchev–Trinajstić information content (AvgIpc) is 2.79. The number of rotatable bonds is 6. The van der Waals surface area contributed by atoms with E-state index in [0.717, 1.165) is 5.56 Å². The lowest BCUT2D eigenvalue weighted by molar-refractivity contribution is -0.141. The topological polar surface area (TPSA) is 66.8 Å². The summed E-state index contributed by atoms with van der Waals surface area (Å²) in [6.45, 7) is 3.58. The van der Waals surface area contributed by atoms with E-state index < -0.39 is 11.5 Å². The first kappa shape index (κ1) is 19.7. The van der Waals surface area contributed by atoms with Crippen LogP contribution in [0.15, 0.2) is 36.4 Å². The van der Waals surface area contributed by atoms with Gasteiger partial charge in [0, 0.05) is 17.0 Å². The number of nitrogens with zero attached hydrogens (tertiary/aromatic N) is 1. The Morgan fingerprint density at radius 2 is 2.00 bits per heavy atom. The zero-order valence-electron chi connectivity index (χ0n) is 15.0. The molecule has 0 radical (unpaired) electrons. The fourth-order valence-corrected chi connectivity index (χ4v) is 3.84. The molecular weight excluding hydrogens is 389 g/mol. The van der Waals surface area contributed by atoms with Crippen molar-refractivity contribution >= 4 is 40.6 Å². The zero-order chi connectivity index (χ0) is 19.8. The van der Waals surface area contributed by atoms with Crippen LogP contribution in [0.3, 0.4) is 0 Å². The molecular formula is C20H19Cl2NO4. The second-order valence-electron chi connectivity index (χ2n) is 6.59. The van der Waals surface area contributed by atoms with Crippen LogP contribution in [0.1, 0.15) is 24.5 Å². The summed E-state index contributed by atoms with van der Waals surface area (Å²) in [6.07, 6.45) is -0.261. The van der Waals surface area contributed by atoms with Crippen LogP contribution in [0.2, 0.25) is 10.0 Å². The molecule has 1 aliphatic rings. The van der Waals surface area contributed by atoms with E-state index in [1.165, 1.54) is 11.8 Å². The SMILES string of the molecule is CC(=O)C[C@@]1(O)C(=O)N(CCOc2ccc(Cl)cc2Cl)c2c(C)cccc21. The van der Waals surface area contributed by atoms with Crippen LogP contribution in [0.25, 0.3) is 0 Å². The summed E-state index contributed by atoms with van der Waals surface area (Å²) in [7, 11) is 0. The number of carbonyl (C=O) groups is 2. The third-order valence-corrected chi connectivity index (χ3v) is 5.05. The molecule has 0 aliphatic carbocycles. The van der Waals surface area contributed by atoms with Crippen molar-refractivity contribution in [1.29, 1.82) is 0 Å². The van der Waals surface area contributed by atoms with Crippen LogP contribution >= 0.6 is 23.2 Å². The smallest absolute Gasteiger partial charge is 0.264 e. The number of hydrogen-bond acceptors (Lipinski definition) is 4. The number of carbonyl (C=O) groups excluding carboxylic acids is 2. The molecule has 142 valence electrons. The van der Waals surface area contributed by atoms with E-state index in [-0.39, 0.29) is 25.4 Å². The Kier molecular flexibility index (Phi) is 5.47. The van der Waals surface area contributed by atoms with Gasteiger partial charge < -0.3 is 14.7 Å². The quantitative estimate of drug-likeness (QED) is 0.788. The van der Waals surface area contributed by atoms with Crippen molar-refractivity contribution in [2.45, 2.75) is 25.9 Å². The summed E-state index contributed by atoms with van der Waals surface area (Å²) >= 11 is 12.0. The summed E-state index contributed by atoms with van der Waals surface area (Å²) < 4.78 is 5.67. The first-order chi connectivity index (χ1) is 12.7. The fraction of sp³-hybridized carbons (Fsp3) is 0.300. The molecule has 0 aromatic heterocycles. The highest BCUT2D eigenvalue weighted by molar-refractivity contribution is 6.35. The fourth-order valence-electron chi connectivity index (χ4n) is 3.37. The van der Waals surface area contributed by atoms with E-state index in [1.807, 2.05) is 13.0 Å². The lowest BCUT2D eigenvalue weighted by Gasteiger charge is -2.22. The minimum absolute atomic E-state index is 0.164. The lowest BCUT2D eigenvalue weighted by Crippen LogP contribution is -2.43. The van der Waals surface area contributed by atoms with E-state index in [4.69, 9.17) is 27.9 Å². The molecule has 2 aromatic carbocycles. The third-order valence-electron chi connectivity index (χ3n) is 4.52. The second kappa shape index (κ2) is 7.50. The monoisotopic (exact) mass is 407 g/mol. The van der Waals surface area contributed by atoms with Gasteiger partial charge in [-0.1, -0.05) is 41.4 Å². The molecule has 0 fully saturated rings. The van der Waals surface area contributed by atoms with Gasteiger partial charge in [0.2, 0.25) is 0 Å². The van der Waals surface area contributed by atoms with Crippen molar-refractivity contribution in [3.8, 4) is 5.75 Å². The molecule has 0 unspecified atom stereocenters. The zero-order valence-corrected chi connectivity index (χ0v) is 16.5. The number of para-hydroxylation sites is 1. The first-order valence-corrected chi connectivity index (χ1v) is 9.21. The van der Waals surface area contributed by atoms with Gasteiger partial charge in [-0.3, -0.25) is 9.59 Å². The minimum Gasteiger partial charge on any atom is -0.490 e. The van der Waals surface area contributed by atoms with Gasteiger partial charge >= 0.3 is 0 Å². The molecule has 27 heavy (non-hydrogen) atoms. The maximum Gasteiger partial charge on any atom is 0.264 e. The number of ketones is 1. The van der Waals surface area contributed by atoms with Gasteiger partial charge in [0.1, 0.15) is 18.1 Å². The van der Waals surface area contributed by atoms with Crippen LogP contribution < -0.4 is 9.64 Å². The Morgan fingerprint density at radius 3 is 2.67 bits per heavy atom. The third kappa shape index (κ3) is 3.68. The number of anilines is 1. The minimum atomic E-state index is -1.84. The van der Waals surface area contributed by atoms with Gasteiger partial charge in [-0.05, 0) is 37.6 Å². The lowest BCUT2D eigenvalue weighted by atomic mass is 9.89. The van der Waals surface area contributed by atoms with Gasteiger partial charge in [-0.25, -0.2) is 0 Å². The number of aliphatic hydroxyl groups is 1. The largest absolute Gasteiger partial charge is 0.490 e. The average molecular weight is 408 g/mol. The van der Waals surface area contributed by atoms with Crippen LogP contribution in [0.4, 0.5) is 5.69 Å². The Hall–Kier alpha value is -2.08. The van der Waals surface area contributed by atoms with Crippen LogP contribution in [0, 0.1) is 6.92 Å². The van der Waals surface area contributed by atoms with Crippen molar-refractivity contribution in [3.05, 3.63) is 57.6 Å². The van der Waals surface area contributed by atoms with E-state index >= 15 is 0 Å². The van der Waals surface area contributed by atoms with Crippen LogP contribution in [-0.4, -0.2) is 29.9 Å². The number of Topliss-reactive ketones (excluding diaryl/α,β-unsaturated/α-hetero) is 1. The molecule has 0 bridgehead atoms. The van der Waals surface area contributed by atoms with Crippen molar-refractivity contribution in [2.75, 3.05) is 18.1 Å². The molecule has 1 amide bonds. The summed E-state index contributed by atoms with van der Waals surface area (Å²) in [5.41, 5.74) is 0.0691. The van der Waals surface area contributed by atoms with Crippen molar-refractivity contribution in [3.63, 3.8) is 0 Å². The maximum atomic E-state index is 13.0.